The van der Waals surface area contributed by atoms with E-state index in [2.05, 4.69) is 24.1 Å². The first kappa shape index (κ1) is 18.9. The summed E-state index contributed by atoms with van der Waals surface area (Å²) in [5.41, 5.74) is 0. The highest BCUT2D eigenvalue weighted by Gasteiger charge is 2.36. The van der Waals surface area contributed by atoms with Crippen molar-refractivity contribution in [2.24, 2.45) is 5.92 Å². The van der Waals surface area contributed by atoms with Crippen molar-refractivity contribution in [1.29, 1.82) is 0 Å². The van der Waals surface area contributed by atoms with Crippen molar-refractivity contribution >= 4 is 11.8 Å². The summed E-state index contributed by atoms with van der Waals surface area (Å²) in [6.07, 6.45) is 1.26. The molecule has 0 aromatic carbocycles. The number of nitrogens with one attached hydrogen (secondary N) is 1. The number of carbonyl (C=O) groups is 2. The summed E-state index contributed by atoms with van der Waals surface area (Å²) >= 11 is 0. The van der Waals surface area contributed by atoms with Gasteiger partial charge in [0.05, 0.1) is 18.6 Å². The van der Waals surface area contributed by atoms with Gasteiger partial charge in [0.25, 0.3) is 0 Å². The van der Waals surface area contributed by atoms with Gasteiger partial charge in [-0.3, -0.25) is 9.59 Å². The number of likely N-dealkylation sites (tertiary alicyclic amines) is 1. The molecule has 0 saturated carbocycles. The van der Waals surface area contributed by atoms with Crippen molar-refractivity contribution in [2.45, 2.75) is 39.7 Å². The second-order valence-corrected chi connectivity index (χ2v) is 5.92. The molecule has 1 saturated heterocycles. The van der Waals surface area contributed by atoms with Crippen LogP contribution in [0, 0.1) is 5.92 Å². The zero-order valence-corrected chi connectivity index (χ0v) is 14.4. The van der Waals surface area contributed by atoms with Gasteiger partial charge >= 0.3 is 0 Å². The highest BCUT2D eigenvalue weighted by molar-refractivity contribution is 5.89. The second kappa shape index (κ2) is 9.79. The molecule has 22 heavy (non-hydrogen) atoms. The molecular formula is C16H31N3O3. The van der Waals surface area contributed by atoms with Crippen molar-refractivity contribution < 1.29 is 14.3 Å². The molecule has 1 N–H and O–H groups in total. The molecule has 2 atom stereocenters. The van der Waals surface area contributed by atoms with Gasteiger partial charge in [-0.25, -0.2) is 0 Å². The molecule has 2 amide bonds. The van der Waals surface area contributed by atoms with Crippen LogP contribution in [0.25, 0.3) is 0 Å². The van der Waals surface area contributed by atoms with Gasteiger partial charge in [0.15, 0.2) is 0 Å². The fourth-order valence-corrected chi connectivity index (χ4v) is 2.86. The zero-order chi connectivity index (χ0) is 16.5. The normalized spacial score (nSPS) is 19.8. The first-order valence-electron chi connectivity index (χ1n) is 8.31. The molecule has 0 aromatic heterocycles. The number of carbonyl (C=O) groups excluding carboxylic acids is 2. The van der Waals surface area contributed by atoms with Crippen LogP contribution >= 0.6 is 0 Å². The molecule has 0 unspecified atom stereocenters. The Morgan fingerprint density at radius 2 is 2.14 bits per heavy atom. The fourth-order valence-electron chi connectivity index (χ4n) is 2.86. The van der Waals surface area contributed by atoms with Crippen molar-refractivity contribution in [2.75, 3.05) is 46.4 Å². The van der Waals surface area contributed by atoms with E-state index in [9.17, 15) is 9.59 Å². The summed E-state index contributed by atoms with van der Waals surface area (Å²) in [7, 11) is 1.62. The Balaban J connectivity index is 2.30. The maximum Gasteiger partial charge on any atom is 0.225 e. The number of hydrogen-bond donors (Lipinski definition) is 1. The number of methoxy groups -OCH3 is 1. The Bertz CT molecular complexity index is 359. The minimum atomic E-state index is -0.222. The summed E-state index contributed by atoms with van der Waals surface area (Å²) < 4.78 is 5.08. The highest BCUT2D eigenvalue weighted by atomic mass is 16.5. The van der Waals surface area contributed by atoms with Crippen LogP contribution in [0.3, 0.4) is 0 Å². The molecule has 0 bridgehead atoms. The molecule has 0 spiro atoms. The summed E-state index contributed by atoms with van der Waals surface area (Å²) in [4.78, 5) is 28.2. The predicted molar refractivity (Wildman–Crippen MR) is 86.6 cm³/mol. The largest absolute Gasteiger partial charge is 0.383 e. The van der Waals surface area contributed by atoms with Crippen LogP contribution in [0.4, 0.5) is 0 Å². The Kier molecular flexibility index (Phi) is 8.42. The average Bonchev–Trinajstić information content (AvgIpc) is 2.89. The van der Waals surface area contributed by atoms with Crippen molar-refractivity contribution in [3.05, 3.63) is 0 Å². The SMILES string of the molecule is CCN(CC)CCCNC(=O)[C@@H]1CC(=O)N([C@@H](C)COC)C1. The van der Waals surface area contributed by atoms with E-state index < -0.39 is 0 Å². The van der Waals surface area contributed by atoms with Gasteiger partial charge in [-0.2, -0.15) is 0 Å². The lowest BCUT2D eigenvalue weighted by Gasteiger charge is -2.24. The molecular weight excluding hydrogens is 282 g/mol. The van der Waals surface area contributed by atoms with Gasteiger partial charge < -0.3 is 19.9 Å². The summed E-state index contributed by atoms with van der Waals surface area (Å²) in [6, 6.07) is 0.0259. The van der Waals surface area contributed by atoms with E-state index in [1.807, 2.05) is 6.92 Å². The van der Waals surface area contributed by atoms with E-state index in [-0.39, 0.29) is 23.8 Å². The van der Waals surface area contributed by atoms with Crippen LogP contribution in [-0.2, 0) is 14.3 Å². The lowest BCUT2D eigenvalue weighted by Crippen LogP contribution is -2.39. The van der Waals surface area contributed by atoms with Gasteiger partial charge in [-0.15, -0.1) is 0 Å². The quantitative estimate of drug-likeness (QED) is 0.604. The van der Waals surface area contributed by atoms with E-state index >= 15 is 0 Å². The van der Waals surface area contributed by atoms with Crippen LogP contribution in [0.1, 0.15) is 33.6 Å². The van der Waals surface area contributed by atoms with Gasteiger partial charge in [0.2, 0.25) is 11.8 Å². The maximum absolute atomic E-state index is 12.2. The van der Waals surface area contributed by atoms with Gasteiger partial charge in [0.1, 0.15) is 0 Å². The third-order valence-corrected chi connectivity index (χ3v) is 4.31. The number of hydrogen-bond acceptors (Lipinski definition) is 4. The monoisotopic (exact) mass is 313 g/mol. The van der Waals surface area contributed by atoms with Crippen molar-refractivity contribution in [3.63, 3.8) is 0 Å². The average molecular weight is 313 g/mol. The van der Waals surface area contributed by atoms with Crippen LogP contribution in [-0.4, -0.2) is 74.1 Å². The summed E-state index contributed by atoms with van der Waals surface area (Å²) in [5, 5.41) is 2.96. The number of nitrogens with zero attached hydrogens (tertiary/aromatic N) is 2. The molecule has 1 heterocycles. The van der Waals surface area contributed by atoms with Crippen LogP contribution in [0.15, 0.2) is 0 Å². The standard InChI is InChI=1S/C16H31N3O3/c1-5-18(6-2)9-7-8-17-16(21)14-10-15(20)19(11-14)13(3)12-22-4/h13-14H,5-12H2,1-4H3,(H,17,21)/t13-,14+/m0/s1. The van der Waals surface area contributed by atoms with Crippen LogP contribution in [0.2, 0.25) is 0 Å². The van der Waals surface area contributed by atoms with E-state index in [1.54, 1.807) is 12.0 Å². The lowest BCUT2D eigenvalue weighted by molar-refractivity contribution is -0.130. The third kappa shape index (κ3) is 5.57. The molecule has 0 radical (unpaired) electrons. The zero-order valence-electron chi connectivity index (χ0n) is 14.4. The topological polar surface area (TPSA) is 61.9 Å². The second-order valence-electron chi connectivity index (χ2n) is 5.92. The van der Waals surface area contributed by atoms with Crippen LogP contribution in [0.5, 0.6) is 0 Å². The smallest absolute Gasteiger partial charge is 0.225 e. The van der Waals surface area contributed by atoms with E-state index in [1.165, 1.54) is 0 Å². The molecule has 0 aliphatic carbocycles. The molecule has 1 rings (SSSR count). The number of rotatable bonds is 10. The predicted octanol–water partition coefficient (Wildman–Crippen LogP) is 0.718. The summed E-state index contributed by atoms with van der Waals surface area (Å²) in [6.45, 7) is 11.0. The van der Waals surface area contributed by atoms with E-state index in [0.29, 0.717) is 26.1 Å². The Hall–Kier alpha value is -1.14. The van der Waals surface area contributed by atoms with Gasteiger partial charge in [0, 0.05) is 26.6 Å². The number of ether oxygens (including phenoxy) is 1. The Labute approximate surface area is 134 Å². The molecule has 6 nitrogen and oxygen atoms in total. The number of amides is 2. The minimum Gasteiger partial charge on any atom is -0.383 e. The third-order valence-electron chi connectivity index (χ3n) is 4.31. The highest BCUT2D eigenvalue weighted by Crippen LogP contribution is 2.20. The van der Waals surface area contributed by atoms with Gasteiger partial charge in [-0.1, -0.05) is 13.8 Å². The molecule has 0 aromatic rings. The minimum absolute atomic E-state index is 0.0000128. The molecule has 1 aliphatic heterocycles. The molecule has 1 aliphatic rings. The molecule has 128 valence electrons. The van der Waals surface area contributed by atoms with Gasteiger partial charge in [-0.05, 0) is 33.0 Å². The van der Waals surface area contributed by atoms with E-state index in [4.69, 9.17) is 4.74 Å². The maximum atomic E-state index is 12.2. The Morgan fingerprint density at radius 3 is 2.73 bits per heavy atom. The summed E-state index contributed by atoms with van der Waals surface area (Å²) in [5.74, 6) is -0.173. The van der Waals surface area contributed by atoms with Crippen molar-refractivity contribution in [1.82, 2.24) is 15.1 Å². The first-order chi connectivity index (χ1) is 10.5. The molecule has 1 fully saturated rings. The van der Waals surface area contributed by atoms with Crippen LogP contribution < -0.4 is 5.32 Å². The first-order valence-corrected chi connectivity index (χ1v) is 8.31. The Morgan fingerprint density at radius 1 is 1.45 bits per heavy atom. The fraction of sp³-hybridized carbons (Fsp3) is 0.875. The van der Waals surface area contributed by atoms with E-state index in [0.717, 1.165) is 26.1 Å². The lowest BCUT2D eigenvalue weighted by atomic mass is 10.1. The molecule has 6 heteroatoms. The van der Waals surface area contributed by atoms with Crippen molar-refractivity contribution in [3.8, 4) is 0 Å².